The molecule has 0 spiro atoms. The van der Waals surface area contributed by atoms with Gasteiger partial charge in [0.15, 0.2) is 5.13 Å². The van der Waals surface area contributed by atoms with Crippen molar-refractivity contribution in [1.82, 2.24) is 4.98 Å². The molecule has 1 aliphatic carbocycles. The zero-order chi connectivity index (χ0) is 11.0. The van der Waals surface area contributed by atoms with Crippen LogP contribution in [0.15, 0.2) is 0 Å². The molecule has 2 N–H and O–H groups in total. The predicted octanol–water partition coefficient (Wildman–Crippen LogP) is 2.00. The van der Waals surface area contributed by atoms with Gasteiger partial charge in [0.2, 0.25) is 0 Å². The van der Waals surface area contributed by atoms with Gasteiger partial charge in [-0.05, 0) is 25.2 Å². The monoisotopic (exact) mass is 225 g/mol. The lowest BCUT2D eigenvalue weighted by atomic mass is 10.3. The van der Waals surface area contributed by atoms with Crippen LogP contribution in [0, 0.1) is 18.8 Å². The quantitative estimate of drug-likeness (QED) is 0.852. The molecule has 84 valence electrons. The molecule has 1 fully saturated rings. The van der Waals surface area contributed by atoms with Gasteiger partial charge < -0.3 is 10.6 Å². The molecule has 15 heavy (non-hydrogen) atoms. The summed E-state index contributed by atoms with van der Waals surface area (Å²) in [5.74, 6) is 1.78. The van der Waals surface area contributed by atoms with Gasteiger partial charge in [0, 0.05) is 25.0 Å². The van der Waals surface area contributed by atoms with E-state index in [4.69, 9.17) is 5.73 Å². The molecule has 1 saturated carbocycles. The van der Waals surface area contributed by atoms with Gasteiger partial charge in [-0.25, -0.2) is 4.98 Å². The highest BCUT2D eigenvalue weighted by molar-refractivity contribution is 7.15. The van der Waals surface area contributed by atoms with Crippen molar-refractivity contribution in [2.45, 2.75) is 26.8 Å². The molecule has 2 unspecified atom stereocenters. The molecule has 0 amide bonds. The van der Waals surface area contributed by atoms with Gasteiger partial charge in [-0.1, -0.05) is 6.92 Å². The number of nitrogens with two attached hydrogens (primary N) is 1. The Morgan fingerprint density at radius 1 is 1.60 bits per heavy atom. The molecule has 1 aromatic heterocycles. The topological polar surface area (TPSA) is 42.2 Å². The van der Waals surface area contributed by atoms with Gasteiger partial charge in [0.05, 0.1) is 5.69 Å². The van der Waals surface area contributed by atoms with Gasteiger partial charge in [0.1, 0.15) is 0 Å². The fraction of sp³-hybridized carbons (Fsp3) is 0.727. The van der Waals surface area contributed by atoms with Gasteiger partial charge >= 0.3 is 0 Å². The van der Waals surface area contributed by atoms with Crippen LogP contribution >= 0.6 is 11.3 Å². The smallest absolute Gasteiger partial charge is 0.185 e. The summed E-state index contributed by atoms with van der Waals surface area (Å²) in [6, 6.07) is 0. The van der Waals surface area contributed by atoms with Crippen molar-refractivity contribution in [3.05, 3.63) is 10.6 Å². The van der Waals surface area contributed by atoms with E-state index in [1.165, 1.54) is 11.3 Å². The summed E-state index contributed by atoms with van der Waals surface area (Å²) >= 11 is 1.73. The van der Waals surface area contributed by atoms with Gasteiger partial charge in [-0.3, -0.25) is 0 Å². The van der Waals surface area contributed by atoms with E-state index in [0.29, 0.717) is 6.54 Å². The Balaban J connectivity index is 2.01. The Morgan fingerprint density at radius 3 is 2.73 bits per heavy atom. The summed E-state index contributed by atoms with van der Waals surface area (Å²) < 4.78 is 0. The Labute approximate surface area is 95.3 Å². The second-order valence-electron chi connectivity index (χ2n) is 4.56. The lowest BCUT2D eigenvalue weighted by Gasteiger charge is -2.14. The minimum absolute atomic E-state index is 0.608. The molecule has 4 heteroatoms. The summed E-state index contributed by atoms with van der Waals surface area (Å²) in [6.07, 6.45) is 1.37. The van der Waals surface area contributed by atoms with E-state index in [0.717, 1.165) is 29.2 Å². The van der Waals surface area contributed by atoms with E-state index < -0.39 is 0 Å². The Hall–Kier alpha value is -0.610. The number of thiazole rings is 1. The molecule has 1 heterocycles. The molecular weight excluding hydrogens is 206 g/mol. The van der Waals surface area contributed by atoms with Crippen LogP contribution in [-0.4, -0.2) is 18.6 Å². The van der Waals surface area contributed by atoms with Crippen LogP contribution in [0.4, 0.5) is 5.13 Å². The standard InChI is InChI=1S/C11H19N3S/c1-7-4-9(7)6-14(3)11-13-8(2)10(5-12)15-11/h7,9H,4-6,12H2,1-3H3. The second-order valence-corrected chi connectivity index (χ2v) is 5.62. The molecule has 2 rings (SSSR count). The van der Waals surface area contributed by atoms with E-state index in [1.807, 2.05) is 6.92 Å². The summed E-state index contributed by atoms with van der Waals surface area (Å²) in [6.45, 7) is 6.10. The first-order valence-electron chi connectivity index (χ1n) is 5.49. The molecule has 0 aliphatic heterocycles. The minimum atomic E-state index is 0.608. The van der Waals surface area contributed by atoms with E-state index in [9.17, 15) is 0 Å². The lowest BCUT2D eigenvalue weighted by molar-refractivity contribution is 0.723. The van der Waals surface area contributed by atoms with Crippen molar-refractivity contribution < 1.29 is 0 Å². The molecule has 1 aliphatic rings. The number of anilines is 1. The third-order valence-corrected chi connectivity index (χ3v) is 4.47. The number of hydrogen-bond donors (Lipinski definition) is 1. The summed E-state index contributed by atoms with van der Waals surface area (Å²) in [7, 11) is 2.13. The van der Waals surface area contributed by atoms with Crippen LogP contribution in [-0.2, 0) is 6.54 Å². The van der Waals surface area contributed by atoms with Crippen LogP contribution in [0.1, 0.15) is 23.9 Å². The first kappa shape index (κ1) is 10.9. The van der Waals surface area contributed by atoms with Gasteiger partial charge in [0.25, 0.3) is 0 Å². The van der Waals surface area contributed by atoms with Gasteiger partial charge in [-0.15, -0.1) is 11.3 Å². The highest BCUT2D eigenvalue weighted by Gasteiger charge is 2.33. The van der Waals surface area contributed by atoms with E-state index in [1.54, 1.807) is 11.3 Å². The summed E-state index contributed by atoms with van der Waals surface area (Å²) in [5.41, 5.74) is 6.74. The molecule has 1 aromatic rings. The van der Waals surface area contributed by atoms with Crippen molar-refractivity contribution in [3.63, 3.8) is 0 Å². The molecule has 0 bridgehead atoms. The highest BCUT2D eigenvalue weighted by atomic mass is 32.1. The third kappa shape index (κ3) is 2.32. The van der Waals surface area contributed by atoms with Gasteiger partial charge in [-0.2, -0.15) is 0 Å². The van der Waals surface area contributed by atoms with E-state index in [2.05, 4.69) is 23.9 Å². The van der Waals surface area contributed by atoms with Crippen LogP contribution in [0.3, 0.4) is 0 Å². The molecule has 0 saturated heterocycles. The van der Waals surface area contributed by atoms with Crippen molar-refractivity contribution in [1.29, 1.82) is 0 Å². The SMILES string of the molecule is Cc1nc(N(C)CC2CC2C)sc1CN. The van der Waals surface area contributed by atoms with Crippen molar-refractivity contribution in [2.24, 2.45) is 17.6 Å². The molecular formula is C11H19N3S. The number of hydrogen-bond acceptors (Lipinski definition) is 4. The minimum Gasteiger partial charge on any atom is -0.351 e. The molecule has 3 nitrogen and oxygen atoms in total. The number of rotatable bonds is 4. The lowest BCUT2D eigenvalue weighted by Crippen LogP contribution is -2.20. The van der Waals surface area contributed by atoms with Crippen molar-refractivity contribution in [3.8, 4) is 0 Å². The van der Waals surface area contributed by atoms with Crippen molar-refractivity contribution in [2.75, 3.05) is 18.5 Å². The Morgan fingerprint density at radius 2 is 2.27 bits per heavy atom. The molecule has 2 atom stereocenters. The average Bonchev–Trinajstić information content (AvgIpc) is 2.75. The van der Waals surface area contributed by atoms with Crippen LogP contribution < -0.4 is 10.6 Å². The van der Waals surface area contributed by atoms with Crippen LogP contribution in [0.2, 0.25) is 0 Å². The maximum atomic E-state index is 5.65. The zero-order valence-corrected chi connectivity index (χ0v) is 10.5. The summed E-state index contributed by atoms with van der Waals surface area (Å²) in [4.78, 5) is 8.03. The first-order chi connectivity index (χ1) is 7.11. The zero-order valence-electron chi connectivity index (χ0n) is 9.66. The number of nitrogens with zero attached hydrogens (tertiary/aromatic N) is 2. The maximum absolute atomic E-state index is 5.65. The normalized spacial score (nSPS) is 24.3. The Bertz CT molecular complexity index is 348. The van der Waals surface area contributed by atoms with Crippen molar-refractivity contribution >= 4 is 16.5 Å². The second kappa shape index (κ2) is 4.10. The summed E-state index contributed by atoms with van der Waals surface area (Å²) in [5, 5.41) is 1.12. The predicted molar refractivity (Wildman–Crippen MR) is 65.3 cm³/mol. The maximum Gasteiger partial charge on any atom is 0.185 e. The molecule has 0 radical (unpaired) electrons. The van der Waals surface area contributed by atoms with E-state index in [-0.39, 0.29) is 0 Å². The first-order valence-corrected chi connectivity index (χ1v) is 6.31. The fourth-order valence-corrected chi connectivity index (χ4v) is 2.76. The number of aryl methyl sites for hydroxylation is 1. The number of aromatic nitrogens is 1. The van der Waals surface area contributed by atoms with Crippen LogP contribution in [0.5, 0.6) is 0 Å². The van der Waals surface area contributed by atoms with Crippen LogP contribution in [0.25, 0.3) is 0 Å². The highest BCUT2D eigenvalue weighted by Crippen LogP contribution is 2.39. The van der Waals surface area contributed by atoms with E-state index >= 15 is 0 Å². The molecule has 0 aromatic carbocycles. The average molecular weight is 225 g/mol. The largest absolute Gasteiger partial charge is 0.351 e. The third-order valence-electron chi connectivity index (χ3n) is 3.18. The Kier molecular flexibility index (Phi) is 2.98. The fourth-order valence-electron chi connectivity index (χ4n) is 1.85.